The van der Waals surface area contributed by atoms with E-state index in [-0.39, 0.29) is 17.9 Å². The third-order valence-electron chi connectivity index (χ3n) is 4.95. The van der Waals surface area contributed by atoms with E-state index < -0.39 is 0 Å². The van der Waals surface area contributed by atoms with E-state index in [9.17, 15) is 4.79 Å². The molecule has 4 nitrogen and oxygen atoms in total. The van der Waals surface area contributed by atoms with Gasteiger partial charge in [0.1, 0.15) is 17.4 Å². The fourth-order valence-electron chi connectivity index (χ4n) is 2.96. The number of ether oxygens (including phenoxy) is 1. The average Bonchev–Trinajstić information content (AvgIpc) is 3.07. The van der Waals surface area contributed by atoms with Crippen molar-refractivity contribution in [3.8, 4) is 5.75 Å². The van der Waals surface area contributed by atoms with Crippen LogP contribution >= 0.6 is 11.3 Å². The number of aryl methyl sites for hydroxylation is 2. The molecular formula is C22H32N2O2S. The molecule has 0 spiro atoms. The van der Waals surface area contributed by atoms with Crippen LogP contribution in [0.2, 0.25) is 0 Å². The summed E-state index contributed by atoms with van der Waals surface area (Å²) in [6, 6.07) is 4.45. The second-order valence-corrected chi connectivity index (χ2v) is 8.55. The summed E-state index contributed by atoms with van der Waals surface area (Å²) in [7, 11) is 0. The first-order chi connectivity index (χ1) is 12.7. The van der Waals surface area contributed by atoms with E-state index in [1.165, 1.54) is 16.7 Å². The topological polar surface area (TPSA) is 42.4 Å². The Bertz CT molecular complexity index is 783. The van der Waals surface area contributed by atoms with Crippen LogP contribution in [0, 0.1) is 26.7 Å². The predicted molar refractivity (Wildman–Crippen MR) is 112 cm³/mol. The summed E-state index contributed by atoms with van der Waals surface area (Å²) in [5, 5.41) is 2.97. The summed E-state index contributed by atoms with van der Waals surface area (Å²) >= 11 is 1.59. The number of nitrogens with zero attached hydrogens (tertiary/aromatic N) is 2. The van der Waals surface area contributed by atoms with Crippen LogP contribution in [0.3, 0.4) is 0 Å². The maximum Gasteiger partial charge on any atom is 0.225 e. The number of hydrogen-bond donors (Lipinski definition) is 0. The summed E-state index contributed by atoms with van der Waals surface area (Å²) in [6.07, 6.45) is 0.935. The third-order valence-corrected chi connectivity index (χ3v) is 5.82. The zero-order valence-corrected chi connectivity index (χ0v) is 18.4. The van der Waals surface area contributed by atoms with Gasteiger partial charge in [0.15, 0.2) is 0 Å². The molecule has 2 rings (SSSR count). The van der Waals surface area contributed by atoms with Gasteiger partial charge in [0.05, 0.1) is 12.2 Å². The summed E-state index contributed by atoms with van der Waals surface area (Å²) in [4.78, 5) is 19.2. The van der Waals surface area contributed by atoms with Gasteiger partial charge in [-0.15, -0.1) is 11.3 Å². The molecule has 0 saturated carbocycles. The zero-order chi connectivity index (χ0) is 20.1. The number of carbonyl (C=O) groups excluding carboxylic acids is 1. The number of aromatic nitrogens is 1. The van der Waals surface area contributed by atoms with Gasteiger partial charge in [0.2, 0.25) is 5.91 Å². The molecular weight excluding hydrogens is 356 g/mol. The van der Waals surface area contributed by atoms with E-state index >= 15 is 0 Å². The minimum atomic E-state index is -0.00651. The summed E-state index contributed by atoms with van der Waals surface area (Å²) in [6.45, 7) is 15.4. The molecule has 0 bridgehead atoms. The smallest absolute Gasteiger partial charge is 0.225 e. The fourth-order valence-corrected chi connectivity index (χ4v) is 3.65. The van der Waals surface area contributed by atoms with Crippen molar-refractivity contribution >= 4 is 17.2 Å². The lowest BCUT2D eigenvalue weighted by molar-refractivity contribution is -0.137. The molecule has 0 aliphatic carbocycles. The minimum absolute atomic E-state index is 0.00651. The van der Waals surface area contributed by atoms with Crippen LogP contribution in [0.15, 0.2) is 17.5 Å². The average molecular weight is 389 g/mol. The number of rotatable bonds is 8. The Balaban J connectivity index is 2.06. The van der Waals surface area contributed by atoms with Crippen LogP contribution in [-0.4, -0.2) is 21.8 Å². The maximum absolute atomic E-state index is 12.5. The van der Waals surface area contributed by atoms with Gasteiger partial charge in [-0.2, -0.15) is 0 Å². The van der Waals surface area contributed by atoms with Gasteiger partial charge in [0, 0.05) is 17.3 Å². The molecule has 1 aromatic carbocycles. The van der Waals surface area contributed by atoms with Gasteiger partial charge >= 0.3 is 0 Å². The van der Waals surface area contributed by atoms with Crippen LogP contribution in [0.1, 0.15) is 61.5 Å². The molecule has 0 saturated heterocycles. The first kappa shape index (κ1) is 21.4. The second kappa shape index (κ2) is 9.36. The van der Waals surface area contributed by atoms with Crippen LogP contribution in [0.25, 0.3) is 0 Å². The van der Waals surface area contributed by atoms with Crippen LogP contribution in [0.5, 0.6) is 5.75 Å². The van der Waals surface area contributed by atoms with E-state index in [1.54, 1.807) is 11.3 Å². The Morgan fingerprint density at radius 1 is 1.22 bits per heavy atom. The van der Waals surface area contributed by atoms with E-state index in [2.05, 4.69) is 46.8 Å². The number of carbonyl (C=O) groups is 1. The fraction of sp³-hybridized carbons (Fsp3) is 0.545. The largest absolute Gasteiger partial charge is 0.486 e. The molecule has 1 amide bonds. The Morgan fingerprint density at radius 3 is 2.56 bits per heavy atom. The van der Waals surface area contributed by atoms with Crippen molar-refractivity contribution in [3.05, 3.63) is 44.9 Å². The minimum Gasteiger partial charge on any atom is -0.486 e. The number of hydrogen-bond acceptors (Lipinski definition) is 4. The Labute approximate surface area is 167 Å². The zero-order valence-electron chi connectivity index (χ0n) is 17.6. The summed E-state index contributed by atoms with van der Waals surface area (Å²) in [5.74, 6) is 1.09. The predicted octanol–water partition coefficient (Wildman–Crippen LogP) is 5.43. The molecule has 2 aromatic rings. The monoisotopic (exact) mass is 388 g/mol. The molecule has 1 atom stereocenters. The third kappa shape index (κ3) is 5.55. The van der Waals surface area contributed by atoms with Crippen LogP contribution in [-0.2, 0) is 17.9 Å². The van der Waals surface area contributed by atoms with Gasteiger partial charge in [-0.3, -0.25) is 4.79 Å². The normalized spacial score (nSPS) is 12.3. The Kier molecular flexibility index (Phi) is 7.42. The molecule has 0 radical (unpaired) electrons. The van der Waals surface area contributed by atoms with Crippen molar-refractivity contribution in [1.82, 2.24) is 9.88 Å². The highest BCUT2D eigenvalue weighted by molar-refractivity contribution is 7.09. The van der Waals surface area contributed by atoms with Crippen molar-refractivity contribution in [2.75, 3.05) is 0 Å². The lowest BCUT2D eigenvalue weighted by Gasteiger charge is -2.29. The van der Waals surface area contributed by atoms with Gasteiger partial charge < -0.3 is 9.64 Å². The first-order valence-corrected chi connectivity index (χ1v) is 10.5. The van der Waals surface area contributed by atoms with E-state index in [0.717, 1.165) is 22.9 Å². The maximum atomic E-state index is 12.5. The Morgan fingerprint density at radius 2 is 1.93 bits per heavy atom. The van der Waals surface area contributed by atoms with Crippen LogP contribution in [0.4, 0.5) is 0 Å². The van der Waals surface area contributed by atoms with Crippen molar-refractivity contribution in [3.63, 3.8) is 0 Å². The molecule has 0 aliphatic rings. The molecule has 0 aliphatic heterocycles. The molecule has 1 heterocycles. The van der Waals surface area contributed by atoms with Gasteiger partial charge in [-0.1, -0.05) is 26.8 Å². The van der Waals surface area contributed by atoms with Gasteiger partial charge in [-0.05, 0) is 56.9 Å². The van der Waals surface area contributed by atoms with Crippen LogP contribution < -0.4 is 4.74 Å². The van der Waals surface area contributed by atoms with E-state index in [1.807, 2.05) is 24.1 Å². The summed E-state index contributed by atoms with van der Waals surface area (Å²) < 4.78 is 6.02. The standard InChI is InChI=1S/C22H32N2O2S/c1-8-17(6)24(22(25)14(2)3)11-19-13-27-21(23-19)12-26-20-10-15(4)9-16(5)18(20)7/h9-10,13-14,17H,8,11-12H2,1-7H3/t17-/m1/s1. The lowest BCUT2D eigenvalue weighted by atomic mass is 10.1. The molecule has 0 unspecified atom stereocenters. The highest BCUT2D eigenvalue weighted by Gasteiger charge is 2.22. The van der Waals surface area contributed by atoms with Crippen molar-refractivity contribution in [2.45, 2.75) is 74.1 Å². The molecule has 0 fully saturated rings. The molecule has 5 heteroatoms. The van der Waals surface area contributed by atoms with Gasteiger partial charge in [-0.25, -0.2) is 4.98 Å². The lowest BCUT2D eigenvalue weighted by Crippen LogP contribution is -2.40. The second-order valence-electron chi connectivity index (χ2n) is 7.60. The number of amides is 1. The van der Waals surface area contributed by atoms with Crippen molar-refractivity contribution < 1.29 is 9.53 Å². The molecule has 1 aromatic heterocycles. The Hall–Kier alpha value is -1.88. The van der Waals surface area contributed by atoms with Crippen molar-refractivity contribution in [2.24, 2.45) is 5.92 Å². The first-order valence-electron chi connectivity index (χ1n) is 9.67. The van der Waals surface area contributed by atoms with Gasteiger partial charge in [0.25, 0.3) is 0 Å². The summed E-state index contributed by atoms with van der Waals surface area (Å²) in [5.41, 5.74) is 4.54. The molecule has 0 N–H and O–H groups in total. The van der Waals surface area contributed by atoms with E-state index in [0.29, 0.717) is 13.2 Å². The molecule has 27 heavy (non-hydrogen) atoms. The quantitative estimate of drug-likeness (QED) is 0.605. The van der Waals surface area contributed by atoms with Crippen molar-refractivity contribution in [1.29, 1.82) is 0 Å². The van der Waals surface area contributed by atoms with E-state index in [4.69, 9.17) is 9.72 Å². The highest BCUT2D eigenvalue weighted by Crippen LogP contribution is 2.25. The molecule has 148 valence electrons. The number of benzene rings is 1. The highest BCUT2D eigenvalue weighted by atomic mass is 32.1. The SMILES string of the molecule is CC[C@@H](C)N(Cc1csc(COc2cc(C)cc(C)c2C)n1)C(=O)C(C)C. The number of thiazole rings is 1.